The molecule has 2 aromatic rings. The highest BCUT2D eigenvalue weighted by molar-refractivity contribution is 7.89. The van der Waals surface area contributed by atoms with E-state index < -0.39 is 28.3 Å². The van der Waals surface area contributed by atoms with Crippen molar-refractivity contribution in [3.05, 3.63) is 65.2 Å². The number of carbonyl (C=O) groups is 2. The minimum atomic E-state index is -5.08. The maximum atomic E-state index is 13.5. The van der Waals surface area contributed by atoms with Gasteiger partial charge in [0.1, 0.15) is 13.2 Å². The van der Waals surface area contributed by atoms with E-state index in [4.69, 9.17) is 24.1 Å². The van der Waals surface area contributed by atoms with Crippen molar-refractivity contribution in [1.82, 2.24) is 14.5 Å². The summed E-state index contributed by atoms with van der Waals surface area (Å²) in [6.45, 7) is 3.69. The number of carbonyl (C=O) groups excluding carboxylic acids is 1. The number of carboxylic acids is 1. The lowest BCUT2D eigenvalue weighted by molar-refractivity contribution is -0.192. The average molecular weight is 612 g/mol. The predicted octanol–water partition coefficient (Wildman–Crippen LogP) is 1.96. The topological polar surface area (TPSA) is 135 Å². The number of alkyl halides is 3. The maximum Gasteiger partial charge on any atom is 0.490 e. The molecule has 2 aromatic carbocycles. The van der Waals surface area contributed by atoms with Gasteiger partial charge in [0.25, 0.3) is 5.91 Å². The van der Waals surface area contributed by atoms with Crippen LogP contribution in [0.2, 0.25) is 0 Å². The van der Waals surface area contributed by atoms with E-state index in [0.717, 1.165) is 29.8 Å². The fourth-order valence-corrected chi connectivity index (χ4v) is 6.27. The molecule has 0 radical (unpaired) electrons. The number of hydrogen-bond donors (Lipinski definition) is 2. The summed E-state index contributed by atoms with van der Waals surface area (Å²) < 4.78 is 77.0. The molecule has 0 bridgehead atoms. The molecule has 4 aliphatic heterocycles. The number of halogens is 3. The van der Waals surface area contributed by atoms with Gasteiger partial charge in [-0.2, -0.15) is 17.5 Å². The van der Waals surface area contributed by atoms with Crippen molar-refractivity contribution in [2.75, 3.05) is 52.5 Å². The summed E-state index contributed by atoms with van der Waals surface area (Å²) in [6, 6.07) is 14.3. The van der Waals surface area contributed by atoms with Gasteiger partial charge in [0.15, 0.2) is 17.6 Å². The van der Waals surface area contributed by atoms with Crippen LogP contribution in [0.25, 0.3) is 0 Å². The largest absolute Gasteiger partial charge is 0.490 e. The Morgan fingerprint density at radius 3 is 2.10 bits per heavy atom. The van der Waals surface area contributed by atoms with Crippen LogP contribution in [0.4, 0.5) is 13.2 Å². The molecule has 1 amide bonds. The molecule has 42 heavy (non-hydrogen) atoms. The second kappa shape index (κ2) is 11.9. The van der Waals surface area contributed by atoms with Crippen molar-refractivity contribution in [3.8, 4) is 11.5 Å². The van der Waals surface area contributed by atoms with Gasteiger partial charge in [0.2, 0.25) is 10.0 Å². The number of amides is 1. The Morgan fingerprint density at radius 1 is 0.952 bits per heavy atom. The van der Waals surface area contributed by atoms with Crippen molar-refractivity contribution in [1.29, 1.82) is 0 Å². The van der Waals surface area contributed by atoms with Gasteiger partial charge in [0, 0.05) is 45.3 Å². The number of sulfonamides is 1. The Kier molecular flexibility index (Phi) is 8.46. The fraction of sp³-hybridized carbons (Fsp3) is 0.407. The third kappa shape index (κ3) is 6.38. The molecule has 0 aromatic heterocycles. The van der Waals surface area contributed by atoms with Gasteiger partial charge in [-0.05, 0) is 28.8 Å². The first-order chi connectivity index (χ1) is 19.9. The third-order valence-corrected chi connectivity index (χ3v) is 8.89. The van der Waals surface area contributed by atoms with Crippen molar-refractivity contribution in [2.24, 2.45) is 0 Å². The molecule has 226 valence electrons. The molecule has 0 saturated carbocycles. The van der Waals surface area contributed by atoms with Crippen LogP contribution < -0.4 is 14.8 Å². The summed E-state index contributed by atoms with van der Waals surface area (Å²) >= 11 is 0. The van der Waals surface area contributed by atoms with Crippen molar-refractivity contribution < 1.29 is 50.5 Å². The van der Waals surface area contributed by atoms with Crippen LogP contribution >= 0.6 is 0 Å². The third-order valence-electron chi connectivity index (χ3n) is 7.10. The first-order valence-corrected chi connectivity index (χ1v) is 14.5. The number of nitrogens with one attached hydrogen (secondary N) is 1. The monoisotopic (exact) mass is 611 g/mol. The highest BCUT2D eigenvalue weighted by Gasteiger charge is 2.41. The normalized spacial score (nSPS) is 19.5. The summed E-state index contributed by atoms with van der Waals surface area (Å²) in [4.78, 5) is 24.3. The number of carboxylic acid groups (broad SMARTS) is 1. The highest BCUT2D eigenvalue weighted by Crippen LogP contribution is 2.36. The lowest BCUT2D eigenvalue weighted by Gasteiger charge is -2.33. The van der Waals surface area contributed by atoms with Crippen LogP contribution in [-0.2, 0) is 24.3 Å². The molecule has 0 spiro atoms. The number of rotatable bonds is 6. The summed E-state index contributed by atoms with van der Waals surface area (Å²) in [5.41, 5.74) is 2.80. The van der Waals surface area contributed by atoms with E-state index >= 15 is 0 Å². The second-order valence-electron chi connectivity index (χ2n) is 9.99. The van der Waals surface area contributed by atoms with Gasteiger partial charge in [-0.3, -0.25) is 4.79 Å². The number of hydrogen-bond acceptors (Lipinski definition) is 8. The summed E-state index contributed by atoms with van der Waals surface area (Å²) in [5, 5.41) is 10.3. The number of benzene rings is 2. The molecular weight excluding hydrogens is 583 g/mol. The zero-order valence-electron chi connectivity index (χ0n) is 22.2. The van der Waals surface area contributed by atoms with E-state index in [9.17, 15) is 26.4 Å². The van der Waals surface area contributed by atoms with Crippen molar-refractivity contribution >= 4 is 21.9 Å². The van der Waals surface area contributed by atoms with Crippen LogP contribution in [0.5, 0.6) is 11.5 Å². The molecule has 11 nitrogen and oxygen atoms in total. The van der Waals surface area contributed by atoms with Crippen LogP contribution in [0.1, 0.15) is 11.7 Å². The van der Waals surface area contributed by atoms with Crippen LogP contribution in [0.15, 0.2) is 64.6 Å². The second-order valence-corrected chi connectivity index (χ2v) is 11.9. The number of nitrogens with zero attached hydrogens (tertiary/aromatic N) is 2. The number of fused-ring (bicyclic) bond motifs is 1. The smallest absolute Gasteiger partial charge is 0.486 e. The van der Waals surface area contributed by atoms with Gasteiger partial charge < -0.3 is 29.5 Å². The van der Waals surface area contributed by atoms with E-state index in [-0.39, 0.29) is 30.0 Å². The zero-order chi connectivity index (χ0) is 30.1. The van der Waals surface area contributed by atoms with E-state index in [0.29, 0.717) is 37.8 Å². The molecule has 1 atom stereocenters. The Labute approximate surface area is 239 Å². The Balaban J connectivity index is 0.000000451. The number of ether oxygens (including phenoxy) is 3. The summed E-state index contributed by atoms with van der Waals surface area (Å²) in [5.74, 6) is -1.84. The zero-order valence-corrected chi connectivity index (χ0v) is 23.0. The van der Waals surface area contributed by atoms with E-state index in [1.165, 1.54) is 10.4 Å². The SMILES string of the molecule is O=C(C(OC1CNC1)c1ccccc1)N1CC2=C(C1)CN(S(=O)(=O)c1ccc3c(c1)OCCO3)C2.O=C(O)C(F)(F)F. The predicted molar refractivity (Wildman–Crippen MR) is 140 cm³/mol. The quantitative estimate of drug-likeness (QED) is 0.470. The minimum absolute atomic E-state index is 0.0122. The lowest BCUT2D eigenvalue weighted by atomic mass is 10.1. The molecular formula is C27H28F3N3O8S. The molecule has 6 rings (SSSR count). The average Bonchev–Trinajstić information content (AvgIpc) is 3.53. The standard InChI is InChI=1S/C25H27N3O6S.C2HF3O2/c29-25(24(34-20-11-26-12-20)17-4-2-1-3-5-17)27-13-18-15-28(16-19(18)14-27)35(30,31)21-6-7-22-23(10-21)33-9-8-32-22;3-2(4,5)1(6)7/h1-7,10,20,24,26H,8-9,11-16H2;(H,6,7). The lowest BCUT2D eigenvalue weighted by Crippen LogP contribution is -2.50. The Hall–Kier alpha value is -3.66. The van der Waals surface area contributed by atoms with Gasteiger partial charge in [0.05, 0.1) is 11.0 Å². The minimum Gasteiger partial charge on any atom is -0.486 e. The molecule has 15 heteroatoms. The fourth-order valence-electron chi connectivity index (χ4n) is 4.83. The molecule has 2 N–H and O–H groups in total. The molecule has 0 aliphatic carbocycles. The van der Waals surface area contributed by atoms with Gasteiger partial charge in [-0.1, -0.05) is 30.3 Å². The first kappa shape index (κ1) is 29.8. The van der Waals surface area contributed by atoms with Crippen LogP contribution in [-0.4, -0.2) is 99.4 Å². The van der Waals surface area contributed by atoms with E-state index in [2.05, 4.69) is 5.32 Å². The van der Waals surface area contributed by atoms with Crippen LogP contribution in [0.3, 0.4) is 0 Å². The van der Waals surface area contributed by atoms with E-state index in [1.54, 1.807) is 17.0 Å². The number of aliphatic carboxylic acids is 1. The molecule has 4 heterocycles. The van der Waals surface area contributed by atoms with Gasteiger partial charge >= 0.3 is 12.1 Å². The molecule has 1 saturated heterocycles. The van der Waals surface area contributed by atoms with Crippen molar-refractivity contribution in [3.63, 3.8) is 0 Å². The Morgan fingerprint density at radius 2 is 1.55 bits per heavy atom. The molecule has 1 fully saturated rings. The van der Waals surface area contributed by atoms with E-state index in [1.807, 2.05) is 30.3 Å². The summed E-state index contributed by atoms with van der Waals surface area (Å²) in [6.07, 6.45) is -5.74. The van der Waals surface area contributed by atoms with Gasteiger partial charge in [-0.15, -0.1) is 0 Å². The van der Waals surface area contributed by atoms with Gasteiger partial charge in [-0.25, -0.2) is 13.2 Å². The maximum absolute atomic E-state index is 13.5. The first-order valence-electron chi connectivity index (χ1n) is 13.0. The Bertz CT molecular complexity index is 1460. The highest BCUT2D eigenvalue weighted by atomic mass is 32.2. The molecule has 4 aliphatic rings. The van der Waals surface area contributed by atoms with Crippen LogP contribution in [0, 0.1) is 0 Å². The summed E-state index contributed by atoms with van der Waals surface area (Å²) in [7, 11) is -3.70. The van der Waals surface area contributed by atoms with Crippen molar-refractivity contribution in [2.45, 2.75) is 23.3 Å². The molecule has 1 unspecified atom stereocenters.